The Morgan fingerprint density at radius 1 is 1.06 bits per heavy atom. The summed E-state index contributed by atoms with van der Waals surface area (Å²) in [7, 11) is 1.56. The number of thiazole rings is 1. The highest BCUT2D eigenvalue weighted by atomic mass is 32.1. The van der Waals surface area contributed by atoms with E-state index in [1.165, 1.54) is 40.5 Å². The summed E-state index contributed by atoms with van der Waals surface area (Å²) < 4.78 is 19.5. The molecule has 1 amide bonds. The van der Waals surface area contributed by atoms with E-state index in [-0.39, 0.29) is 16.9 Å². The monoisotopic (exact) mass is 460 g/mol. The first kappa shape index (κ1) is 20.8. The molecule has 0 saturated carbocycles. The maximum atomic E-state index is 13.4. The number of aliphatic hydroxyl groups excluding tert-OH is 1. The summed E-state index contributed by atoms with van der Waals surface area (Å²) >= 11 is 1.25. The number of rotatable bonds is 4. The first-order chi connectivity index (χ1) is 16.0. The van der Waals surface area contributed by atoms with E-state index >= 15 is 0 Å². The molecule has 0 bridgehead atoms. The van der Waals surface area contributed by atoms with Gasteiger partial charge in [-0.15, -0.1) is 0 Å². The van der Waals surface area contributed by atoms with E-state index in [0.29, 0.717) is 22.0 Å². The van der Waals surface area contributed by atoms with Crippen molar-refractivity contribution in [3.63, 3.8) is 0 Å². The third-order valence-electron chi connectivity index (χ3n) is 5.47. The number of halogens is 1. The SMILES string of the molecule is COc1ccc2nc(N3C(=O)C(=O)/C(=C(/O)c4ccc(F)cc4)[C@@H]3c3ccccc3)sc2c1. The number of hydrogen-bond acceptors (Lipinski definition) is 6. The van der Waals surface area contributed by atoms with Gasteiger partial charge in [-0.3, -0.25) is 14.5 Å². The van der Waals surface area contributed by atoms with Gasteiger partial charge in [0.1, 0.15) is 17.3 Å². The Morgan fingerprint density at radius 3 is 2.48 bits per heavy atom. The lowest BCUT2D eigenvalue weighted by atomic mass is 9.95. The van der Waals surface area contributed by atoms with Crippen LogP contribution in [0.5, 0.6) is 5.75 Å². The van der Waals surface area contributed by atoms with Crippen LogP contribution >= 0.6 is 11.3 Å². The lowest BCUT2D eigenvalue weighted by molar-refractivity contribution is -0.132. The van der Waals surface area contributed by atoms with Crippen LogP contribution in [0, 0.1) is 5.82 Å². The van der Waals surface area contributed by atoms with Crippen molar-refractivity contribution in [2.24, 2.45) is 0 Å². The molecule has 1 N–H and O–H groups in total. The molecule has 1 aliphatic rings. The lowest BCUT2D eigenvalue weighted by Crippen LogP contribution is -2.29. The third-order valence-corrected chi connectivity index (χ3v) is 6.49. The molecular formula is C25H17FN2O4S. The van der Waals surface area contributed by atoms with E-state index in [9.17, 15) is 19.1 Å². The maximum Gasteiger partial charge on any atom is 0.301 e. The van der Waals surface area contributed by atoms with E-state index in [1.54, 1.807) is 43.5 Å². The zero-order chi connectivity index (χ0) is 23.1. The molecule has 164 valence electrons. The van der Waals surface area contributed by atoms with Gasteiger partial charge in [0.25, 0.3) is 5.78 Å². The molecule has 0 unspecified atom stereocenters. The van der Waals surface area contributed by atoms with Gasteiger partial charge in [0.2, 0.25) is 0 Å². The van der Waals surface area contributed by atoms with Gasteiger partial charge in [0.15, 0.2) is 5.13 Å². The van der Waals surface area contributed by atoms with Crippen molar-refractivity contribution in [2.45, 2.75) is 6.04 Å². The number of aromatic nitrogens is 1. The van der Waals surface area contributed by atoms with E-state index < -0.39 is 23.5 Å². The van der Waals surface area contributed by atoms with Crippen LogP contribution in [0.25, 0.3) is 16.0 Å². The standard InChI is InChI=1S/C25H17FN2O4S/c1-32-17-11-12-18-19(13-17)33-25(27-18)28-21(14-5-3-2-4-6-14)20(23(30)24(28)31)22(29)15-7-9-16(26)10-8-15/h2-13,21,29H,1H3/b22-20+/t21-/m0/s1. The number of methoxy groups -OCH3 is 1. The Morgan fingerprint density at radius 2 is 1.79 bits per heavy atom. The molecule has 5 rings (SSSR count). The van der Waals surface area contributed by atoms with E-state index in [1.807, 2.05) is 12.1 Å². The summed E-state index contributed by atoms with van der Waals surface area (Å²) in [5.41, 5.74) is 1.46. The Kier molecular flexibility index (Phi) is 5.14. The van der Waals surface area contributed by atoms with Gasteiger partial charge >= 0.3 is 5.91 Å². The summed E-state index contributed by atoms with van der Waals surface area (Å²) in [5.74, 6) is -1.82. The number of carbonyl (C=O) groups is 2. The van der Waals surface area contributed by atoms with Gasteiger partial charge in [0, 0.05) is 5.56 Å². The normalized spacial score (nSPS) is 17.6. The van der Waals surface area contributed by atoms with E-state index in [4.69, 9.17) is 4.74 Å². The van der Waals surface area contributed by atoms with Gasteiger partial charge < -0.3 is 9.84 Å². The second kappa shape index (κ2) is 8.14. The molecule has 0 aliphatic carbocycles. The van der Waals surface area contributed by atoms with E-state index in [2.05, 4.69) is 4.98 Å². The van der Waals surface area contributed by atoms with Crippen LogP contribution in [0.3, 0.4) is 0 Å². The van der Waals surface area contributed by atoms with Gasteiger partial charge in [-0.2, -0.15) is 0 Å². The summed E-state index contributed by atoms with van der Waals surface area (Å²) in [6.07, 6.45) is 0. The second-order valence-corrected chi connectivity index (χ2v) is 8.43. The first-order valence-electron chi connectivity index (χ1n) is 10.0. The Balaban J connectivity index is 1.71. The Labute approximate surface area is 192 Å². The molecule has 33 heavy (non-hydrogen) atoms. The van der Waals surface area contributed by atoms with Crippen molar-refractivity contribution in [3.05, 3.63) is 95.3 Å². The number of aliphatic hydroxyl groups is 1. The van der Waals surface area contributed by atoms with Gasteiger partial charge in [-0.1, -0.05) is 41.7 Å². The van der Waals surface area contributed by atoms with Crippen LogP contribution in [-0.2, 0) is 9.59 Å². The first-order valence-corrected chi connectivity index (χ1v) is 10.9. The van der Waals surface area contributed by atoms with Gasteiger partial charge in [-0.25, -0.2) is 9.37 Å². The van der Waals surface area contributed by atoms with Crippen LogP contribution in [0.2, 0.25) is 0 Å². The van der Waals surface area contributed by atoms with Crippen LogP contribution in [0.15, 0.2) is 78.4 Å². The maximum absolute atomic E-state index is 13.4. The molecular weight excluding hydrogens is 443 g/mol. The Hall–Kier alpha value is -4.04. The fourth-order valence-corrected chi connectivity index (χ4v) is 4.89. The number of benzene rings is 3. The van der Waals surface area contributed by atoms with Crippen molar-refractivity contribution in [3.8, 4) is 5.75 Å². The van der Waals surface area contributed by atoms with Crippen molar-refractivity contribution < 1.29 is 23.8 Å². The lowest BCUT2D eigenvalue weighted by Gasteiger charge is -2.22. The minimum Gasteiger partial charge on any atom is -0.507 e. The largest absolute Gasteiger partial charge is 0.507 e. The topological polar surface area (TPSA) is 79.7 Å². The molecule has 0 spiro atoms. The highest BCUT2D eigenvalue weighted by Gasteiger charge is 2.48. The number of ketones is 1. The molecule has 0 radical (unpaired) electrons. The quantitative estimate of drug-likeness (QED) is 0.261. The second-order valence-electron chi connectivity index (χ2n) is 7.42. The number of nitrogens with zero attached hydrogens (tertiary/aromatic N) is 2. The average Bonchev–Trinajstić information content (AvgIpc) is 3.37. The zero-order valence-corrected chi connectivity index (χ0v) is 18.2. The summed E-state index contributed by atoms with van der Waals surface area (Å²) in [5, 5.41) is 11.4. The highest BCUT2D eigenvalue weighted by molar-refractivity contribution is 7.22. The minimum absolute atomic E-state index is 0.0744. The molecule has 4 aromatic rings. The zero-order valence-electron chi connectivity index (χ0n) is 17.4. The molecule has 1 atom stereocenters. The molecule has 1 aromatic heterocycles. The van der Waals surface area contributed by atoms with Crippen molar-refractivity contribution in [2.75, 3.05) is 12.0 Å². The predicted molar refractivity (Wildman–Crippen MR) is 124 cm³/mol. The summed E-state index contributed by atoms with van der Waals surface area (Å²) in [6.45, 7) is 0. The molecule has 1 aliphatic heterocycles. The molecule has 2 heterocycles. The number of hydrogen-bond donors (Lipinski definition) is 1. The van der Waals surface area contributed by atoms with E-state index in [0.717, 1.165) is 4.70 Å². The van der Waals surface area contributed by atoms with Crippen molar-refractivity contribution >= 4 is 44.1 Å². The Bertz CT molecular complexity index is 1410. The molecule has 8 heteroatoms. The minimum atomic E-state index is -0.890. The number of anilines is 1. The predicted octanol–water partition coefficient (Wildman–Crippen LogP) is 5.07. The number of carbonyl (C=O) groups excluding carboxylic acids is 2. The van der Waals surface area contributed by atoms with Crippen LogP contribution in [-0.4, -0.2) is 28.9 Å². The number of amides is 1. The summed E-state index contributed by atoms with van der Waals surface area (Å²) in [6, 6.07) is 18.5. The van der Waals surface area contributed by atoms with Crippen molar-refractivity contribution in [1.82, 2.24) is 4.98 Å². The molecule has 1 fully saturated rings. The molecule has 6 nitrogen and oxygen atoms in total. The smallest absolute Gasteiger partial charge is 0.301 e. The van der Waals surface area contributed by atoms with Gasteiger partial charge in [0.05, 0.1) is 28.9 Å². The third kappa shape index (κ3) is 3.54. The van der Waals surface area contributed by atoms with Gasteiger partial charge in [-0.05, 0) is 48.0 Å². The number of ether oxygens (including phenoxy) is 1. The number of Topliss-reactive ketones (excluding diaryl/α,β-unsaturated/α-hetero) is 1. The van der Waals surface area contributed by atoms with Crippen LogP contribution in [0.1, 0.15) is 17.2 Å². The van der Waals surface area contributed by atoms with Crippen LogP contribution in [0.4, 0.5) is 9.52 Å². The van der Waals surface area contributed by atoms with Crippen LogP contribution < -0.4 is 9.64 Å². The highest BCUT2D eigenvalue weighted by Crippen LogP contribution is 2.44. The number of fused-ring (bicyclic) bond motifs is 1. The fourth-order valence-electron chi connectivity index (χ4n) is 3.87. The fraction of sp³-hybridized carbons (Fsp3) is 0.0800. The van der Waals surface area contributed by atoms with Crippen molar-refractivity contribution in [1.29, 1.82) is 0 Å². The molecule has 3 aromatic carbocycles. The summed E-state index contributed by atoms with van der Waals surface area (Å²) in [4.78, 5) is 32.2. The average molecular weight is 460 g/mol. The molecule has 1 saturated heterocycles.